The molecule has 21 heavy (non-hydrogen) atoms. The lowest BCUT2D eigenvalue weighted by Crippen LogP contribution is -2.27. The molecule has 1 fully saturated rings. The molecule has 3 heteroatoms. The van der Waals surface area contributed by atoms with Gasteiger partial charge in [0.05, 0.1) is 19.3 Å². The van der Waals surface area contributed by atoms with Crippen LogP contribution in [0.5, 0.6) is 0 Å². The van der Waals surface area contributed by atoms with Gasteiger partial charge in [-0.3, -0.25) is 0 Å². The van der Waals surface area contributed by atoms with Gasteiger partial charge in [0.15, 0.2) is 0 Å². The molecule has 0 heterocycles. The molecule has 1 saturated carbocycles. The van der Waals surface area contributed by atoms with Crippen LogP contribution in [-0.4, -0.2) is 12.6 Å². The van der Waals surface area contributed by atoms with Crippen molar-refractivity contribution >= 4 is 0 Å². The Morgan fingerprint density at radius 3 is 2.86 bits per heavy atom. The fourth-order valence-corrected chi connectivity index (χ4v) is 2.95. The van der Waals surface area contributed by atoms with Crippen LogP contribution in [0.3, 0.4) is 0 Å². The van der Waals surface area contributed by atoms with Crippen molar-refractivity contribution < 1.29 is 9.13 Å². The Bertz CT molecular complexity index is 518. The molecule has 1 aromatic rings. The lowest BCUT2D eigenvalue weighted by molar-refractivity contribution is -0.0231. The minimum absolute atomic E-state index is 0.248. The van der Waals surface area contributed by atoms with Crippen LogP contribution in [0.25, 0.3) is 0 Å². The van der Waals surface area contributed by atoms with Crippen molar-refractivity contribution in [3.05, 3.63) is 35.1 Å². The fourth-order valence-electron chi connectivity index (χ4n) is 2.95. The molecule has 0 bridgehead atoms. The lowest BCUT2D eigenvalue weighted by Gasteiger charge is -2.30. The molecule has 2 unspecified atom stereocenters. The van der Waals surface area contributed by atoms with Gasteiger partial charge in [0, 0.05) is 11.1 Å². The molecule has 2 nitrogen and oxygen atoms in total. The van der Waals surface area contributed by atoms with Crippen LogP contribution in [0.1, 0.15) is 50.2 Å². The number of rotatable bonds is 4. The summed E-state index contributed by atoms with van der Waals surface area (Å²) < 4.78 is 20.0. The molecule has 0 saturated heterocycles. The second-order valence-corrected chi connectivity index (χ2v) is 5.61. The van der Waals surface area contributed by atoms with Gasteiger partial charge in [-0.15, -0.1) is 0 Å². The largest absolute Gasteiger partial charge is 0.373 e. The second kappa shape index (κ2) is 8.17. The van der Waals surface area contributed by atoms with Crippen LogP contribution in [-0.2, 0) is 11.3 Å². The summed E-state index contributed by atoms with van der Waals surface area (Å²) in [6.45, 7) is 2.84. The van der Waals surface area contributed by atoms with Gasteiger partial charge in [-0.2, -0.15) is 0 Å². The summed E-state index contributed by atoms with van der Waals surface area (Å²) in [4.78, 5) is 0. The van der Waals surface area contributed by atoms with Crippen LogP contribution in [0.15, 0.2) is 18.2 Å². The van der Waals surface area contributed by atoms with Crippen molar-refractivity contribution in [2.24, 2.45) is 11.7 Å². The highest BCUT2D eigenvalue weighted by molar-refractivity contribution is 5.37. The maximum Gasteiger partial charge on any atom is 0.129 e. The van der Waals surface area contributed by atoms with Crippen LogP contribution < -0.4 is 5.73 Å². The molecule has 1 aliphatic rings. The Hall–Kier alpha value is -1.37. The zero-order valence-corrected chi connectivity index (χ0v) is 12.7. The first-order chi connectivity index (χ1) is 10.2. The van der Waals surface area contributed by atoms with E-state index < -0.39 is 0 Å². The zero-order chi connectivity index (χ0) is 15.1. The van der Waals surface area contributed by atoms with Gasteiger partial charge in [-0.1, -0.05) is 44.1 Å². The number of halogens is 1. The van der Waals surface area contributed by atoms with E-state index in [1.807, 2.05) is 6.07 Å². The highest BCUT2D eigenvalue weighted by Crippen LogP contribution is 2.30. The topological polar surface area (TPSA) is 35.2 Å². The van der Waals surface area contributed by atoms with E-state index in [-0.39, 0.29) is 18.5 Å². The molecule has 0 spiro atoms. The van der Waals surface area contributed by atoms with E-state index >= 15 is 0 Å². The standard InChI is InChI=1S/C18H24FNO/c1-2-15-7-3-4-8-18(15)21-13-16-10-9-14(6-5-11-20)12-17(16)19/h9-10,12,15,18H,2-4,7-8,11,13,20H2,1H3. The van der Waals surface area contributed by atoms with E-state index in [1.165, 1.54) is 25.3 Å². The molecule has 1 aliphatic carbocycles. The van der Waals surface area contributed by atoms with Crippen molar-refractivity contribution in [1.82, 2.24) is 0 Å². The molecular weight excluding hydrogens is 265 g/mol. The zero-order valence-electron chi connectivity index (χ0n) is 12.7. The molecule has 0 aromatic heterocycles. The van der Waals surface area contributed by atoms with Gasteiger partial charge < -0.3 is 10.5 Å². The number of nitrogens with two attached hydrogens (primary N) is 1. The normalized spacial score (nSPS) is 21.7. The molecule has 0 radical (unpaired) electrons. The molecule has 1 aromatic carbocycles. The summed E-state index contributed by atoms with van der Waals surface area (Å²) in [5.41, 5.74) is 6.58. The Labute approximate surface area is 126 Å². The molecule has 2 atom stereocenters. The van der Waals surface area contributed by atoms with E-state index in [0.29, 0.717) is 23.7 Å². The summed E-state index contributed by atoms with van der Waals surface area (Å²) in [6, 6.07) is 5.04. The van der Waals surface area contributed by atoms with Gasteiger partial charge in [0.1, 0.15) is 5.82 Å². The molecule has 2 rings (SSSR count). The van der Waals surface area contributed by atoms with Gasteiger partial charge in [-0.05, 0) is 30.9 Å². The van der Waals surface area contributed by atoms with Crippen LogP contribution >= 0.6 is 0 Å². The average molecular weight is 289 g/mol. The van der Waals surface area contributed by atoms with Crippen molar-refractivity contribution in [2.75, 3.05) is 6.54 Å². The van der Waals surface area contributed by atoms with E-state index in [4.69, 9.17) is 10.5 Å². The van der Waals surface area contributed by atoms with Crippen LogP contribution in [0.4, 0.5) is 4.39 Å². The molecule has 114 valence electrons. The SMILES string of the molecule is CCC1CCCCC1OCc1ccc(C#CCN)cc1F. The summed E-state index contributed by atoms with van der Waals surface area (Å²) in [5, 5.41) is 0. The van der Waals surface area contributed by atoms with Crippen molar-refractivity contribution in [3.8, 4) is 11.8 Å². The van der Waals surface area contributed by atoms with Crippen molar-refractivity contribution in [2.45, 2.75) is 51.7 Å². The molecule has 0 amide bonds. The molecule has 2 N–H and O–H groups in total. The third kappa shape index (κ3) is 4.56. The maximum atomic E-state index is 14.0. The first-order valence-electron chi connectivity index (χ1n) is 7.83. The first-order valence-corrected chi connectivity index (χ1v) is 7.83. The molecule has 0 aliphatic heterocycles. The summed E-state index contributed by atoms with van der Waals surface area (Å²) >= 11 is 0. The third-order valence-electron chi connectivity index (χ3n) is 4.20. The smallest absolute Gasteiger partial charge is 0.129 e. The maximum absolute atomic E-state index is 14.0. The minimum atomic E-state index is -0.248. The molecular formula is C18H24FNO. The van der Waals surface area contributed by atoms with Gasteiger partial charge in [-0.25, -0.2) is 4.39 Å². The first kappa shape index (κ1) is 16.0. The fraction of sp³-hybridized carbons (Fsp3) is 0.556. The number of hydrogen-bond acceptors (Lipinski definition) is 2. The predicted molar refractivity (Wildman–Crippen MR) is 83.2 cm³/mol. The predicted octanol–water partition coefficient (Wildman–Crippen LogP) is 3.62. The second-order valence-electron chi connectivity index (χ2n) is 5.61. The quantitative estimate of drug-likeness (QED) is 0.859. The van der Waals surface area contributed by atoms with E-state index in [0.717, 1.165) is 12.8 Å². The van der Waals surface area contributed by atoms with Crippen LogP contribution in [0, 0.1) is 23.6 Å². The van der Waals surface area contributed by atoms with E-state index in [2.05, 4.69) is 18.8 Å². The van der Waals surface area contributed by atoms with E-state index in [9.17, 15) is 4.39 Å². The van der Waals surface area contributed by atoms with Gasteiger partial charge in [0.2, 0.25) is 0 Å². The summed E-state index contributed by atoms with van der Waals surface area (Å²) in [6.07, 6.45) is 6.26. The number of hydrogen-bond donors (Lipinski definition) is 1. The van der Waals surface area contributed by atoms with Gasteiger partial charge >= 0.3 is 0 Å². The van der Waals surface area contributed by atoms with Crippen molar-refractivity contribution in [3.63, 3.8) is 0 Å². The Kier molecular flexibility index (Phi) is 6.22. The Balaban J connectivity index is 1.96. The average Bonchev–Trinajstić information content (AvgIpc) is 2.52. The number of benzene rings is 1. The highest BCUT2D eigenvalue weighted by atomic mass is 19.1. The van der Waals surface area contributed by atoms with E-state index in [1.54, 1.807) is 6.07 Å². The Morgan fingerprint density at radius 2 is 2.14 bits per heavy atom. The highest BCUT2D eigenvalue weighted by Gasteiger charge is 2.24. The third-order valence-corrected chi connectivity index (χ3v) is 4.20. The monoisotopic (exact) mass is 289 g/mol. The minimum Gasteiger partial charge on any atom is -0.373 e. The summed E-state index contributed by atoms with van der Waals surface area (Å²) in [7, 11) is 0. The van der Waals surface area contributed by atoms with Gasteiger partial charge in [0.25, 0.3) is 0 Å². The Morgan fingerprint density at radius 1 is 1.33 bits per heavy atom. The number of ether oxygens (including phenoxy) is 1. The lowest BCUT2D eigenvalue weighted by atomic mass is 9.85. The van der Waals surface area contributed by atoms with Crippen molar-refractivity contribution in [1.29, 1.82) is 0 Å². The summed E-state index contributed by atoms with van der Waals surface area (Å²) in [5.74, 6) is 5.94. The van der Waals surface area contributed by atoms with Crippen LogP contribution in [0.2, 0.25) is 0 Å².